The standard InChI is InChI=1S/C29H52O5Si2/c1-12-36(13-2,14-3)34-26(22(4)20-30)24(6)27(33-35(10,11)29(7,8)9)23(5)21-32-28(31)25-18-16-15-17-19-25/h15-20,22-24,26-27H,12-14,21H2,1-11H3/t22-,23-,24+,26-,27+/m0/s1. The van der Waals surface area contributed by atoms with E-state index in [1.54, 1.807) is 12.1 Å². The second-order valence-electron chi connectivity index (χ2n) is 12.0. The van der Waals surface area contributed by atoms with Crippen molar-refractivity contribution in [3.63, 3.8) is 0 Å². The fraction of sp³-hybridized carbons (Fsp3) is 0.724. The van der Waals surface area contributed by atoms with Gasteiger partial charge in [0.15, 0.2) is 16.6 Å². The zero-order chi connectivity index (χ0) is 27.7. The molecule has 0 radical (unpaired) electrons. The van der Waals surface area contributed by atoms with E-state index < -0.39 is 16.6 Å². The van der Waals surface area contributed by atoms with Crippen LogP contribution in [0.3, 0.4) is 0 Å². The molecule has 1 aromatic carbocycles. The highest BCUT2D eigenvalue weighted by Gasteiger charge is 2.45. The average Bonchev–Trinajstić information content (AvgIpc) is 2.85. The third-order valence-electron chi connectivity index (χ3n) is 8.37. The van der Waals surface area contributed by atoms with Gasteiger partial charge in [-0.05, 0) is 48.4 Å². The first kappa shape index (κ1) is 32.7. The van der Waals surface area contributed by atoms with Crippen molar-refractivity contribution in [2.75, 3.05) is 6.61 Å². The lowest BCUT2D eigenvalue weighted by atomic mass is 9.85. The minimum absolute atomic E-state index is 0.0206. The maximum absolute atomic E-state index is 12.7. The number of hydrogen-bond donors (Lipinski definition) is 0. The van der Waals surface area contributed by atoms with Crippen LogP contribution < -0.4 is 0 Å². The van der Waals surface area contributed by atoms with Gasteiger partial charge in [-0.15, -0.1) is 0 Å². The van der Waals surface area contributed by atoms with E-state index in [2.05, 4.69) is 68.5 Å². The van der Waals surface area contributed by atoms with Gasteiger partial charge in [-0.2, -0.15) is 0 Å². The van der Waals surface area contributed by atoms with E-state index >= 15 is 0 Å². The maximum atomic E-state index is 12.7. The highest BCUT2D eigenvalue weighted by atomic mass is 28.4. The van der Waals surface area contributed by atoms with Gasteiger partial charge in [0.2, 0.25) is 0 Å². The van der Waals surface area contributed by atoms with Gasteiger partial charge in [0, 0.05) is 17.8 Å². The predicted octanol–water partition coefficient (Wildman–Crippen LogP) is 7.73. The number of carbonyl (C=O) groups is 2. The van der Waals surface area contributed by atoms with Gasteiger partial charge in [-0.3, -0.25) is 0 Å². The summed E-state index contributed by atoms with van der Waals surface area (Å²) in [7, 11) is -4.13. The molecule has 0 bridgehead atoms. The largest absolute Gasteiger partial charge is 0.462 e. The Kier molecular flexibility index (Phi) is 12.8. The minimum Gasteiger partial charge on any atom is -0.462 e. The van der Waals surface area contributed by atoms with Gasteiger partial charge in [0.1, 0.15) is 6.29 Å². The van der Waals surface area contributed by atoms with Crippen LogP contribution in [0.1, 0.15) is 72.7 Å². The second-order valence-corrected chi connectivity index (χ2v) is 21.4. The molecule has 0 saturated carbocycles. The van der Waals surface area contributed by atoms with E-state index in [0.717, 1.165) is 24.4 Å². The number of benzene rings is 1. The van der Waals surface area contributed by atoms with Crippen molar-refractivity contribution in [3.8, 4) is 0 Å². The third-order valence-corrected chi connectivity index (χ3v) is 17.5. The molecule has 1 aromatic rings. The van der Waals surface area contributed by atoms with E-state index in [9.17, 15) is 9.59 Å². The summed E-state index contributed by atoms with van der Waals surface area (Å²) < 4.78 is 19.7. The SMILES string of the molecule is CC[Si](CC)(CC)O[C@H]([C@@H](C)[C@H](O[Si](C)(C)C(C)(C)C)[C@@H](C)COC(=O)c1ccccc1)[C@@H](C)C=O. The average molecular weight is 537 g/mol. The topological polar surface area (TPSA) is 61.8 Å². The Morgan fingerprint density at radius 3 is 1.89 bits per heavy atom. The van der Waals surface area contributed by atoms with Crippen molar-refractivity contribution in [1.29, 1.82) is 0 Å². The Bertz CT molecular complexity index is 793. The summed E-state index contributed by atoms with van der Waals surface area (Å²) in [5.74, 6) is -0.681. The molecule has 7 heteroatoms. The van der Waals surface area contributed by atoms with Crippen LogP contribution in [0.4, 0.5) is 0 Å². The van der Waals surface area contributed by atoms with Crippen LogP contribution >= 0.6 is 0 Å². The fourth-order valence-electron chi connectivity index (χ4n) is 4.46. The van der Waals surface area contributed by atoms with E-state index in [-0.39, 0.29) is 47.6 Å². The summed E-state index contributed by atoms with van der Waals surface area (Å²) >= 11 is 0. The van der Waals surface area contributed by atoms with E-state index in [0.29, 0.717) is 5.56 Å². The Morgan fingerprint density at radius 1 is 0.917 bits per heavy atom. The highest BCUT2D eigenvalue weighted by molar-refractivity contribution is 6.74. The summed E-state index contributed by atoms with van der Waals surface area (Å²) in [5.41, 5.74) is 0.542. The summed E-state index contributed by atoms with van der Waals surface area (Å²) in [6.45, 7) is 24.2. The van der Waals surface area contributed by atoms with Gasteiger partial charge < -0.3 is 18.4 Å². The van der Waals surface area contributed by atoms with Crippen molar-refractivity contribution in [3.05, 3.63) is 35.9 Å². The molecule has 0 amide bonds. The third kappa shape index (κ3) is 8.64. The molecule has 0 N–H and O–H groups in total. The van der Waals surface area contributed by atoms with Crippen LogP contribution in [0.2, 0.25) is 36.3 Å². The summed E-state index contributed by atoms with van der Waals surface area (Å²) in [4.78, 5) is 24.7. The number of hydrogen-bond acceptors (Lipinski definition) is 5. The Labute approximate surface area is 222 Å². The molecule has 0 fully saturated rings. The van der Waals surface area contributed by atoms with Gasteiger partial charge >= 0.3 is 5.97 Å². The first-order valence-corrected chi connectivity index (χ1v) is 19.1. The monoisotopic (exact) mass is 536 g/mol. The predicted molar refractivity (Wildman–Crippen MR) is 154 cm³/mol. The van der Waals surface area contributed by atoms with Crippen LogP contribution in [0.5, 0.6) is 0 Å². The van der Waals surface area contributed by atoms with Crippen LogP contribution in [-0.4, -0.2) is 47.7 Å². The van der Waals surface area contributed by atoms with Gasteiger partial charge in [-0.1, -0.05) is 80.5 Å². The quantitative estimate of drug-likeness (QED) is 0.130. The van der Waals surface area contributed by atoms with Crippen molar-refractivity contribution in [2.45, 2.75) is 111 Å². The molecule has 0 aliphatic heterocycles. The zero-order valence-corrected chi connectivity index (χ0v) is 26.7. The Morgan fingerprint density at radius 2 is 1.44 bits per heavy atom. The first-order valence-electron chi connectivity index (χ1n) is 13.7. The molecule has 0 heterocycles. The van der Waals surface area contributed by atoms with Gasteiger partial charge in [0.25, 0.3) is 0 Å². The molecule has 0 saturated heterocycles. The summed E-state index contributed by atoms with van der Waals surface area (Å²) in [6.07, 6.45) is 0.570. The molecule has 1 rings (SSSR count). The number of esters is 1. The van der Waals surface area contributed by atoms with Crippen LogP contribution in [0, 0.1) is 17.8 Å². The molecule has 0 unspecified atom stereocenters. The van der Waals surface area contributed by atoms with Crippen molar-refractivity contribution < 1.29 is 23.2 Å². The maximum Gasteiger partial charge on any atom is 0.338 e. The number of aldehydes is 1. The van der Waals surface area contributed by atoms with E-state index in [1.165, 1.54) is 0 Å². The molecule has 5 nitrogen and oxygen atoms in total. The van der Waals surface area contributed by atoms with Crippen molar-refractivity contribution in [1.82, 2.24) is 0 Å². The molecule has 36 heavy (non-hydrogen) atoms. The molecule has 5 atom stereocenters. The number of carbonyl (C=O) groups excluding carboxylic acids is 2. The zero-order valence-electron chi connectivity index (χ0n) is 24.7. The van der Waals surface area contributed by atoms with Crippen LogP contribution in [0.25, 0.3) is 0 Å². The van der Waals surface area contributed by atoms with E-state index in [4.69, 9.17) is 13.6 Å². The number of rotatable bonds is 15. The molecule has 0 spiro atoms. The van der Waals surface area contributed by atoms with Gasteiger partial charge in [-0.25, -0.2) is 4.79 Å². The van der Waals surface area contributed by atoms with Crippen LogP contribution in [0.15, 0.2) is 30.3 Å². The minimum atomic E-state index is -2.16. The summed E-state index contributed by atoms with van der Waals surface area (Å²) in [6, 6.07) is 12.1. The lowest BCUT2D eigenvalue weighted by Gasteiger charge is -2.46. The molecule has 206 valence electrons. The molecule has 0 aromatic heterocycles. The second kappa shape index (κ2) is 14.0. The lowest BCUT2D eigenvalue weighted by molar-refractivity contribution is -0.115. The van der Waals surface area contributed by atoms with Crippen molar-refractivity contribution in [2.24, 2.45) is 17.8 Å². The van der Waals surface area contributed by atoms with Gasteiger partial charge in [0.05, 0.1) is 24.4 Å². The lowest BCUT2D eigenvalue weighted by Crippen LogP contribution is -2.53. The molecule has 0 aliphatic carbocycles. The molecular formula is C29H52O5Si2. The Hall–Kier alpha value is -1.29. The summed E-state index contributed by atoms with van der Waals surface area (Å²) in [5, 5.41) is 0.0206. The fourth-order valence-corrected chi connectivity index (χ4v) is 8.95. The normalized spacial score (nSPS) is 17.1. The van der Waals surface area contributed by atoms with E-state index in [1.807, 2.05) is 25.1 Å². The smallest absolute Gasteiger partial charge is 0.338 e. The molecule has 0 aliphatic rings. The van der Waals surface area contributed by atoms with Crippen LogP contribution in [-0.2, 0) is 18.4 Å². The first-order chi connectivity index (χ1) is 16.7. The highest BCUT2D eigenvalue weighted by Crippen LogP contribution is 2.41. The van der Waals surface area contributed by atoms with Crippen molar-refractivity contribution >= 4 is 28.9 Å². The molecular weight excluding hydrogens is 484 g/mol. The number of ether oxygens (including phenoxy) is 1. The Balaban J connectivity index is 3.31.